The Hall–Kier alpha value is -1.89. The van der Waals surface area contributed by atoms with Crippen molar-refractivity contribution in [2.75, 3.05) is 11.7 Å². The molecule has 0 radical (unpaired) electrons. The largest absolute Gasteiger partial charge is 0.349 e. The average Bonchev–Trinajstić information content (AvgIpc) is 3.00. The Morgan fingerprint density at radius 2 is 1.91 bits per heavy atom. The molecule has 0 fully saturated rings. The topological polar surface area (TPSA) is 53.6 Å². The van der Waals surface area contributed by atoms with Crippen LogP contribution >= 0.6 is 23.2 Å². The first kappa shape index (κ1) is 16.0. The summed E-state index contributed by atoms with van der Waals surface area (Å²) in [4.78, 5) is 0. The van der Waals surface area contributed by atoms with Crippen LogP contribution in [0.4, 0.5) is 14.5 Å². The van der Waals surface area contributed by atoms with E-state index in [1.807, 2.05) is 0 Å². The third kappa shape index (κ3) is 3.10. The molecule has 3 rings (SSSR count). The molecule has 3 N–H and O–H groups in total. The summed E-state index contributed by atoms with van der Waals surface area (Å²) in [5.41, 5.74) is 7.03. The first-order valence-corrected chi connectivity index (χ1v) is 7.48. The van der Waals surface area contributed by atoms with Gasteiger partial charge in [0.05, 0.1) is 15.7 Å². The number of halogens is 4. The molecule has 0 amide bonds. The lowest BCUT2D eigenvalue weighted by atomic mass is 10.1. The Kier molecular flexibility index (Phi) is 4.39. The molecule has 0 saturated carbocycles. The third-order valence-electron chi connectivity index (χ3n) is 3.43. The first-order valence-electron chi connectivity index (χ1n) is 6.73. The van der Waals surface area contributed by atoms with Crippen molar-refractivity contribution in [1.82, 2.24) is 5.32 Å². The molecule has 0 saturated heterocycles. The van der Waals surface area contributed by atoms with Gasteiger partial charge in [-0.1, -0.05) is 23.2 Å². The van der Waals surface area contributed by atoms with Gasteiger partial charge < -0.3 is 11.1 Å². The minimum absolute atomic E-state index is 0.0105. The standard InChI is InChI=1S/C15H12Cl2F2N4/c16-11-5-14(19)8(6-20)3-10(11)15-21-7-23(22-15)9-1-2-13(18)12(17)4-9/h1-5H,6-7,20H2,(H,21,22). The highest BCUT2D eigenvalue weighted by atomic mass is 35.5. The zero-order valence-corrected chi connectivity index (χ0v) is 13.3. The van der Waals surface area contributed by atoms with Crippen molar-refractivity contribution in [1.29, 1.82) is 0 Å². The van der Waals surface area contributed by atoms with Crippen LogP contribution in [0.15, 0.2) is 35.4 Å². The van der Waals surface area contributed by atoms with Crippen molar-refractivity contribution in [3.05, 3.63) is 63.1 Å². The fourth-order valence-electron chi connectivity index (χ4n) is 2.22. The second-order valence-corrected chi connectivity index (χ2v) is 5.72. The van der Waals surface area contributed by atoms with Crippen molar-refractivity contribution in [3.63, 3.8) is 0 Å². The Morgan fingerprint density at radius 3 is 2.61 bits per heavy atom. The van der Waals surface area contributed by atoms with Gasteiger partial charge in [-0.15, -0.1) is 0 Å². The van der Waals surface area contributed by atoms with Crippen LogP contribution in [0.1, 0.15) is 11.1 Å². The molecule has 1 heterocycles. The molecule has 120 valence electrons. The number of benzene rings is 2. The summed E-state index contributed by atoms with van der Waals surface area (Å²) in [5, 5.41) is 9.27. The molecule has 2 aromatic carbocycles. The lowest BCUT2D eigenvalue weighted by Gasteiger charge is -2.12. The third-order valence-corrected chi connectivity index (χ3v) is 4.03. The molecular weight excluding hydrogens is 345 g/mol. The van der Waals surface area contributed by atoms with Crippen LogP contribution in [0.25, 0.3) is 0 Å². The van der Waals surface area contributed by atoms with Crippen LogP contribution in [-0.4, -0.2) is 12.5 Å². The summed E-state index contributed by atoms with van der Waals surface area (Å²) in [7, 11) is 0. The van der Waals surface area contributed by atoms with Crippen LogP contribution in [0.5, 0.6) is 0 Å². The van der Waals surface area contributed by atoms with Crippen LogP contribution in [0.2, 0.25) is 10.0 Å². The second-order valence-electron chi connectivity index (χ2n) is 4.91. The molecule has 0 aliphatic carbocycles. The maximum atomic E-state index is 13.7. The van der Waals surface area contributed by atoms with E-state index >= 15 is 0 Å². The number of anilines is 1. The molecule has 0 aromatic heterocycles. The minimum atomic E-state index is -0.499. The molecule has 0 atom stereocenters. The number of nitrogens with two attached hydrogens (primary N) is 1. The molecule has 1 aliphatic heterocycles. The predicted octanol–water partition coefficient (Wildman–Crippen LogP) is 3.46. The SMILES string of the molecule is NCc1cc(C2=NN(c3ccc(F)c(Cl)c3)CN2)c(Cl)cc1F. The fraction of sp³-hybridized carbons (Fsp3) is 0.133. The Labute approximate surface area is 141 Å². The van der Waals surface area contributed by atoms with E-state index < -0.39 is 11.6 Å². The number of amidine groups is 1. The van der Waals surface area contributed by atoms with Crippen molar-refractivity contribution >= 4 is 34.7 Å². The zero-order valence-electron chi connectivity index (χ0n) is 11.8. The van der Waals surface area contributed by atoms with E-state index in [0.29, 0.717) is 29.3 Å². The summed E-state index contributed by atoms with van der Waals surface area (Å²) < 4.78 is 26.9. The second kappa shape index (κ2) is 6.31. The van der Waals surface area contributed by atoms with Gasteiger partial charge in [-0.25, -0.2) is 13.8 Å². The van der Waals surface area contributed by atoms with E-state index in [1.165, 1.54) is 18.2 Å². The number of hydrogen-bond donors (Lipinski definition) is 2. The van der Waals surface area contributed by atoms with Gasteiger partial charge in [0, 0.05) is 17.7 Å². The molecule has 1 aliphatic rings. The highest BCUT2D eigenvalue weighted by molar-refractivity contribution is 6.34. The van der Waals surface area contributed by atoms with Gasteiger partial charge in [-0.05, 0) is 30.3 Å². The molecule has 8 heteroatoms. The van der Waals surface area contributed by atoms with Crippen LogP contribution < -0.4 is 16.1 Å². The smallest absolute Gasteiger partial charge is 0.156 e. The van der Waals surface area contributed by atoms with E-state index in [9.17, 15) is 8.78 Å². The molecule has 23 heavy (non-hydrogen) atoms. The van der Waals surface area contributed by atoms with Crippen molar-refractivity contribution < 1.29 is 8.78 Å². The number of rotatable bonds is 3. The minimum Gasteiger partial charge on any atom is -0.349 e. The highest BCUT2D eigenvalue weighted by Crippen LogP contribution is 2.26. The van der Waals surface area contributed by atoms with Crippen molar-refractivity contribution in [3.8, 4) is 0 Å². The normalized spacial score (nSPS) is 14.0. The average molecular weight is 357 g/mol. The van der Waals surface area contributed by atoms with Gasteiger partial charge in [-0.2, -0.15) is 5.10 Å². The summed E-state index contributed by atoms with van der Waals surface area (Å²) in [6.07, 6.45) is 0. The van der Waals surface area contributed by atoms with Gasteiger partial charge in [-0.3, -0.25) is 0 Å². The quantitative estimate of drug-likeness (QED) is 0.885. The van der Waals surface area contributed by atoms with E-state index in [4.69, 9.17) is 28.9 Å². The molecule has 2 aromatic rings. The lowest BCUT2D eigenvalue weighted by molar-refractivity contribution is 0.610. The fourth-order valence-corrected chi connectivity index (χ4v) is 2.63. The zero-order chi connectivity index (χ0) is 16.6. The summed E-state index contributed by atoms with van der Waals surface area (Å²) in [5.74, 6) is -0.479. The number of nitrogens with one attached hydrogen (secondary N) is 1. The monoisotopic (exact) mass is 356 g/mol. The van der Waals surface area contributed by atoms with Crippen LogP contribution in [-0.2, 0) is 6.54 Å². The van der Waals surface area contributed by atoms with Crippen molar-refractivity contribution in [2.45, 2.75) is 6.54 Å². The number of nitrogens with zero attached hydrogens (tertiary/aromatic N) is 2. The van der Waals surface area contributed by atoms with Crippen LogP contribution in [0.3, 0.4) is 0 Å². The highest BCUT2D eigenvalue weighted by Gasteiger charge is 2.20. The molecule has 0 unspecified atom stereocenters. The summed E-state index contributed by atoms with van der Waals surface area (Å²) in [6.45, 7) is 0.406. The van der Waals surface area contributed by atoms with Crippen molar-refractivity contribution in [2.24, 2.45) is 10.8 Å². The van der Waals surface area contributed by atoms with Gasteiger partial charge in [0.1, 0.15) is 18.3 Å². The first-order chi connectivity index (χ1) is 11.0. The Morgan fingerprint density at radius 1 is 1.13 bits per heavy atom. The number of hydrogen-bond acceptors (Lipinski definition) is 4. The summed E-state index contributed by atoms with van der Waals surface area (Å²) >= 11 is 11.9. The Bertz CT molecular complexity index is 795. The van der Waals surface area contributed by atoms with Gasteiger partial charge >= 0.3 is 0 Å². The predicted molar refractivity (Wildman–Crippen MR) is 87.7 cm³/mol. The van der Waals surface area contributed by atoms with Gasteiger partial charge in [0.25, 0.3) is 0 Å². The van der Waals surface area contributed by atoms with E-state index in [2.05, 4.69) is 10.4 Å². The number of hydrazone groups is 1. The molecule has 0 spiro atoms. The molecule has 4 nitrogen and oxygen atoms in total. The van der Waals surface area contributed by atoms with Gasteiger partial charge in [0.2, 0.25) is 0 Å². The Balaban J connectivity index is 1.95. The van der Waals surface area contributed by atoms with E-state index in [0.717, 1.165) is 0 Å². The van der Waals surface area contributed by atoms with E-state index in [1.54, 1.807) is 17.1 Å². The molecular formula is C15H12Cl2F2N4. The lowest BCUT2D eigenvalue weighted by Crippen LogP contribution is -2.24. The maximum Gasteiger partial charge on any atom is 0.156 e. The maximum absolute atomic E-state index is 13.7. The summed E-state index contributed by atoms with van der Waals surface area (Å²) in [6, 6.07) is 7.07. The van der Waals surface area contributed by atoms with Crippen LogP contribution in [0, 0.1) is 11.6 Å². The van der Waals surface area contributed by atoms with E-state index in [-0.39, 0.29) is 16.6 Å². The molecule has 0 bridgehead atoms. The van der Waals surface area contributed by atoms with Gasteiger partial charge in [0.15, 0.2) is 5.84 Å².